The highest BCUT2D eigenvalue weighted by molar-refractivity contribution is 6.02. The predicted molar refractivity (Wildman–Crippen MR) is 145 cm³/mol. The van der Waals surface area contributed by atoms with Crippen LogP contribution >= 0.6 is 0 Å². The number of nitrogen functional groups attached to an aromatic ring is 1. The van der Waals surface area contributed by atoms with Crippen molar-refractivity contribution in [3.63, 3.8) is 0 Å². The Morgan fingerprint density at radius 2 is 1.81 bits per heavy atom. The smallest absolute Gasteiger partial charge is 0.411 e. The molecule has 3 N–H and O–H groups in total. The standard InChI is InChI=1S/C30H32N4O2/c1-18-6-15-26(32-17-18)22-11-14-25-27(16-22)34(24-4-3-5-24)29(28(25)31)21-9-12-23(13-10-21)33-30(35)36-19(2)20-7-8-20/h6,9-17,19-20,24H,3-5,7-8,31H2,1-2H3,(H,33,35)/t19-/m1/s1. The van der Waals surface area contributed by atoms with E-state index in [2.05, 4.69) is 45.2 Å². The SMILES string of the molecule is Cc1ccc(-c2ccc3c(N)c(-c4ccc(NC(=O)O[C@H](C)C5CC5)cc4)n(C4CCC4)c3c2)nc1. The summed E-state index contributed by atoms with van der Waals surface area (Å²) in [6.07, 6.45) is 7.27. The fraction of sp³-hybridized carbons (Fsp3) is 0.333. The predicted octanol–water partition coefficient (Wildman–Crippen LogP) is 7.33. The second kappa shape index (κ2) is 9.01. The number of anilines is 2. The van der Waals surface area contributed by atoms with Crippen LogP contribution in [0.4, 0.5) is 16.2 Å². The number of hydrogen-bond donors (Lipinski definition) is 2. The number of amides is 1. The minimum Gasteiger partial charge on any atom is -0.446 e. The van der Waals surface area contributed by atoms with Gasteiger partial charge >= 0.3 is 6.09 Å². The van der Waals surface area contributed by atoms with E-state index >= 15 is 0 Å². The molecule has 2 aliphatic rings. The van der Waals surface area contributed by atoms with Crippen molar-refractivity contribution in [2.75, 3.05) is 11.1 Å². The summed E-state index contributed by atoms with van der Waals surface area (Å²) in [7, 11) is 0. The lowest BCUT2D eigenvalue weighted by molar-refractivity contribution is 0.108. The molecular formula is C30H32N4O2. The number of rotatable bonds is 6. The third kappa shape index (κ3) is 4.21. The first kappa shape index (κ1) is 22.7. The largest absolute Gasteiger partial charge is 0.446 e. The van der Waals surface area contributed by atoms with Crippen LogP contribution in [0.2, 0.25) is 0 Å². The molecule has 0 bridgehead atoms. The van der Waals surface area contributed by atoms with Gasteiger partial charge in [-0.05, 0) is 81.7 Å². The molecule has 0 spiro atoms. The van der Waals surface area contributed by atoms with Gasteiger partial charge in [0.1, 0.15) is 6.10 Å². The van der Waals surface area contributed by atoms with Crippen LogP contribution in [-0.4, -0.2) is 21.7 Å². The molecule has 2 heterocycles. The summed E-state index contributed by atoms with van der Waals surface area (Å²) in [5.41, 5.74) is 14.7. The first-order chi connectivity index (χ1) is 17.5. The topological polar surface area (TPSA) is 82.2 Å². The van der Waals surface area contributed by atoms with Crippen LogP contribution in [0, 0.1) is 12.8 Å². The summed E-state index contributed by atoms with van der Waals surface area (Å²) < 4.78 is 7.92. The maximum atomic E-state index is 12.3. The van der Waals surface area contributed by atoms with Crippen molar-refractivity contribution in [1.29, 1.82) is 0 Å². The number of pyridine rings is 1. The van der Waals surface area contributed by atoms with Crippen LogP contribution in [0.5, 0.6) is 0 Å². The number of nitrogens with zero attached hydrogens (tertiary/aromatic N) is 2. The molecule has 6 heteroatoms. The second-order valence-electron chi connectivity index (χ2n) is 10.3. The van der Waals surface area contributed by atoms with E-state index in [4.69, 9.17) is 10.5 Å². The van der Waals surface area contributed by atoms with E-state index in [1.165, 1.54) is 6.42 Å². The van der Waals surface area contributed by atoms with E-state index in [1.807, 2.05) is 44.3 Å². The number of carbonyl (C=O) groups is 1. The molecule has 0 saturated heterocycles. The minimum atomic E-state index is -0.400. The normalized spacial score (nSPS) is 16.5. The lowest BCUT2D eigenvalue weighted by Gasteiger charge is -2.30. The van der Waals surface area contributed by atoms with Crippen molar-refractivity contribution in [2.45, 2.75) is 58.1 Å². The maximum absolute atomic E-state index is 12.3. The van der Waals surface area contributed by atoms with E-state index in [-0.39, 0.29) is 6.10 Å². The minimum absolute atomic E-state index is 0.0396. The van der Waals surface area contributed by atoms with E-state index in [9.17, 15) is 4.79 Å². The number of aromatic nitrogens is 2. The van der Waals surface area contributed by atoms with Crippen molar-refractivity contribution >= 4 is 28.4 Å². The first-order valence-corrected chi connectivity index (χ1v) is 12.9. The Balaban J connectivity index is 1.34. The monoisotopic (exact) mass is 480 g/mol. The molecule has 0 radical (unpaired) electrons. The van der Waals surface area contributed by atoms with E-state index in [0.717, 1.165) is 70.4 Å². The number of benzene rings is 2. The van der Waals surface area contributed by atoms with Gasteiger partial charge in [-0.15, -0.1) is 0 Å². The van der Waals surface area contributed by atoms with E-state index in [0.29, 0.717) is 17.6 Å². The number of nitrogens with two attached hydrogens (primary N) is 1. The highest BCUT2D eigenvalue weighted by Gasteiger charge is 2.31. The summed E-state index contributed by atoms with van der Waals surface area (Å²) in [5, 5.41) is 3.92. The molecule has 2 aromatic heterocycles. The number of hydrogen-bond acceptors (Lipinski definition) is 4. The molecule has 2 fully saturated rings. The molecule has 36 heavy (non-hydrogen) atoms. The van der Waals surface area contributed by atoms with Crippen molar-refractivity contribution in [1.82, 2.24) is 9.55 Å². The lowest BCUT2D eigenvalue weighted by atomic mass is 9.92. The number of nitrogens with one attached hydrogen (secondary N) is 1. The zero-order chi connectivity index (χ0) is 24.8. The van der Waals surface area contributed by atoms with E-state index < -0.39 is 6.09 Å². The Hall–Kier alpha value is -3.80. The quantitative estimate of drug-likeness (QED) is 0.303. The number of fused-ring (bicyclic) bond motifs is 1. The lowest BCUT2D eigenvalue weighted by Crippen LogP contribution is -2.21. The van der Waals surface area contributed by atoms with Gasteiger partial charge in [-0.2, -0.15) is 0 Å². The Morgan fingerprint density at radius 3 is 2.44 bits per heavy atom. The van der Waals surface area contributed by atoms with Crippen LogP contribution in [0.15, 0.2) is 60.8 Å². The third-order valence-corrected chi connectivity index (χ3v) is 7.67. The highest BCUT2D eigenvalue weighted by atomic mass is 16.6. The molecule has 1 atom stereocenters. The van der Waals surface area contributed by atoms with Gasteiger partial charge in [0, 0.05) is 34.4 Å². The number of aryl methyl sites for hydroxylation is 1. The van der Waals surface area contributed by atoms with Crippen LogP contribution in [0.25, 0.3) is 33.4 Å². The molecule has 6 rings (SSSR count). The van der Waals surface area contributed by atoms with Crippen molar-refractivity contribution in [2.24, 2.45) is 5.92 Å². The zero-order valence-electron chi connectivity index (χ0n) is 20.8. The summed E-state index contributed by atoms with van der Waals surface area (Å²) >= 11 is 0. The molecule has 1 amide bonds. The highest BCUT2D eigenvalue weighted by Crippen LogP contribution is 2.45. The van der Waals surface area contributed by atoms with E-state index in [1.54, 1.807) is 0 Å². The zero-order valence-corrected chi connectivity index (χ0v) is 20.8. The Morgan fingerprint density at radius 1 is 1.06 bits per heavy atom. The van der Waals surface area contributed by atoms with Gasteiger partial charge < -0.3 is 15.0 Å². The summed E-state index contributed by atoms with van der Waals surface area (Å²) in [4.78, 5) is 16.9. The van der Waals surface area contributed by atoms with Crippen LogP contribution in [0.1, 0.15) is 50.6 Å². The van der Waals surface area contributed by atoms with Crippen molar-refractivity contribution in [3.05, 3.63) is 66.4 Å². The molecule has 4 aromatic rings. The molecule has 184 valence electrons. The first-order valence-electron chi connectivity index (χ1n) is 12.9. The summed E-state index contributed by atoms with van der Waals surface area (Å²) in [6, 6.07) is 18.9. The van der Waals surface area contributed by atoms with Gasteiger partial charge in [0.25, 0.3) is 0 Å². The summed E-state index contributed by atoms with van der Waals surface area (Å²) in [5.74, 6) is 0.511. The van der Waals surface area contributed by atoms with Gasteiger partial charge in [-0.1, -0.05) is 30.3 Å². The van der Waals surface area contributed by atoms with Crippen LogP contribution in [-0.2, 0) is 4.74 Å². The molecule has 2 saturated carbocycles. The van der Waals surface area contributed by atoms with Gasteiger partial charge in [0.05, 0.1) is 22.6 Å². The average molecular weight is 481 g/mol. The second-order valence-corrected chi connectivity index (χ2v) is 10.3. The molecule has 2 aromatic carbocycles. The van der Waals surface area contributed by atoms with Gasteiger partial charge in [-0.3, -0.25) is 10.3 Å². The third-order valence-electron chi connectivity index (χ3n) is 7.67. The average Bonchev–Trinajstić information content (AvgIpc) is 3.65. The van der Waals surface area contributed by atoms with Gasteiger partial charge in [0.15, 0.2) is 0 Å². The number of carbonyl (C=O) groups excluding carboxylic acids is 1. The molecular weight excluding hydrogens is 448 g/mol. The molecule has 2 aliphatic carbocycles. The Bertz CT molecular complexity index is 1410. The van der Waals surface area contributed by atoms with Crippen LogP contribution < -0.4 is 11.1 Å². The molecule has 6 nitrogen and oxygen atoms in total. The Kier molecular flexibility index (Phi) is 5.67. The molecule has 0 aliphatic heterocycles. The Labute approximate surface area is 211 Å². The summed E-state index contributed by atoms with van der Waals surface area (Å²) in [6.45, 7) is 4.01. The fourth-order valence-corrected chi connectivity index (χ4v) is 5.14. The van der Waals surface area contributed by atoms with Crippen LogP contribution in [0.3, 0.4) is 0 Å². The maximum Gasteiger partial charge on any atom is 0.411 e. The van der Waals surface area contributed by atoms with Gasteiger partial charge in [-0.25, -0.2) is 4.79 Å². The van der Waals surface area contributed by atoms with Crippen molar-refractivity contribution in [3.8, 4) is 22.5 Å². The molecule has 0 unspecified atom stereocenters. The fourth-order valence-electron chi connectivity index (χ4n) is 5.14. The number of ether oxygens (including phenoxy) is 1. The van der Waals surface area contributed by atoms with Gasteiger partial charge in [0.2, 0.25) is 0 Å². The van der Waals surface area contributed by atoms with Crippen molar-refractivity contribution < 1.29 is 9.53 Å².